The molecule has 2 aromatic heterocycles. The molecule has 1 fully saturated rings. The van der Waals surface area contributed by atoms with E-state index in [1.54, 1.807) is 9.36 Å². The number of amides is 1. The van der Waals surface area contributed by atoms with Crippen LogP contribution in [-0.4, -0.2) is 43.5 Å². The zero-order valence-corrected chi connectivity index (χ0v) is 14.1. The molecule has 7 nitrogen and oxygen atoms in total. The second kappa shape index (κ2) is 6.06. The largest absolute Gasteiger partial charge is 0.480 e. The van der Waals surface area contributed by atoms with Crippen LogP contribution in [0.2, 0.25) is 0 Å². The van der Waals surface area contributed by atoms with Crippen LogP contribution in [0.5, 0.6) is 5.75 Å². The van der Waals surface area contributed by atoms with Gasteiger partial charge in [0.1, 0.15) is 5.69 Å². The molecule has 0 spiro atoms. The van der Waals surface area contributed by atoms with Crippen molar-refractivity contribution in [2.75, 3.05) is 13.2 Å². The number of likely N-dealkylation sites (tertiary alicyclic amines) is 1. The van der Waals surface area contributed by atoms with Gasteiger partial charge in [0.25, 0.3) is 5.91 Å². The maximum absolute atomic E-state index is 12.6. The van der Waals surface area contributed by atoms with Crippen molar-refractivity contribution >= 4 is 5.91 Å². The van der Waals surface area contributed by atoms with E-state index in [1.807, 2.05) is 45.2 Å². The van der Waals surface area contributed by atoms with Crippen LogP contribution in [-0.2, 0) is 18.9 Å². The van der Waals surface area contributed by atoms with E-state index in [4.69, 9.17) is 4.74 Å². The van der Waals surface area contributed by atoms with E-state index in [0.717, 1.165) is 36.3 Å². The minimum absolute atomic E-state index is 0.0130. The first-order chi connectivity index (χ1) is 11.0. The molecule has 0 aliphatic carbocycles. The molecule has 1 atom stereocenters. The van der Waals surface area contributed by atoms with Gasteiger partial charge in [-0.15, -0.1) is 0 Å². The Morgan fingerprint density at radius 3 is 2.78 bits per heavy atom. The van der Waals surface area contributed by atoms with Crippen LogP contribution in [0.25, 0.3) is 0 Å². The van der Waals surface area contributed by atoms with E-state index in [1.165, 1.54) is 0 Å². The molecule has 23 heavy (non-hydrogen) atoms. The average Bonchev–Trinajstić information content (AvgIpc) is 3.19. The quantitative estimate of drug-likeness (QED) is 0.857. The van der Waals surface area contributed by atoms with Crippen LogP contribution in [0.4, 0.5) is 0 Å². The third-order valence-electron chi connectivity index (χ3n) is 4.47. The number of aromatic nitrogens is 4. The summed E-state index contributed by atoms with van der Waals surface area (Å²) in [5, 5.41) is 8.52. The van der Waals surface area contributed by atoms with Crippen molar-refractivity contribution in [3.05, 3.63) is 29.3 Å². The number of hydrogen-bond acceptors (Lipinski definition) is 4. The Morgan fingerprint density at radius 1 is 1.39 bits per heavy atom. The molecular formula is C16H23N5O2. The van der Waals surface area contributed by atoms with Gasteiger partial charge in [0, 0.05) is 32.4 Å². The highest BCUT2D eigenvalue weighted by atomic mass is 16.5. The number of ether oxygens (including phenoxy) is 1. The molecule has 3 rings (SSSR count). The number of nitrogens with zero attached hydrogens (tertiary/aromatic N) is 5. The summed E-state index contributed by atoms with van der Waals surface area (Å²) in [5.74, 6) is 0.719. The highest BCUT2D eigenvalue weighted by Crippen LogP contribution is 2.31. The fourth-order valence-electron chi connectivity index (χ4n) is 3.20. The van der Waals surface area contributed by atoms with Gasteiger partial charge in [-0.05, 0) is 26.7 Å². The second-order valence-corrected chi connectivity index (χ2v) is 6.10. The van der Waals surface area contributed by atoms with Gasteiger partial charge in [0.05, 0.1) is 17.9 Å². The minimum Gasteiger partial charge on any atom is -0.480 e. The standard InChI is InChI=1S/C16H23N5O2/c1-11-16(12(2)20(4)18-11)23-10-15(22)21-7-5-6-14(21)13-8-17-19(3)9-13/h8-9,14H,5-7,10H2,1-4H3. The summed E-state index contributed by atoms with van der Waals surface area (Å²) in [4.78, 5) is 14.5. The van der Waals surface area contributed by atoms with Crippen LogP contribution in [0.1, 0.15) is 35.8 Å². The molecule has 0 saturated carbocycles. The van der Waals surface area contributed by atoms with Crippen LogP contribution in [0.15, 0.2) is 12.4 Å². The summed E-state index contributed by atoms with van der Waals surface area (Å²) in [6, 6.07) is 0.107. The molecule has 3 heterocycles. The van der Waals surface area contributed by atoms with Gasteiger partial charge in [0.2, 0.25) is 0 Å². The number of rotatable bonds is 4. The zero-order chi connectivity index (χ0) is 16.6. The number of hydrogen-bond donors (Lipinski definition) is 0. The fraction of sp³-hybridized carbons (Fsp3) is 0.562. The maximum Gasteiger partial charge on any atom is 0.261 e. The van der Waals surface area contributed by atoms with Gasteiger partial charge in [-0.2, -0.15) is 10.2 Å². The lowest BCUT2D eigenvalue weighted by Gasteiger charge is -2.24. The molecule has 1 aliphatic rings. The smallest absolute Gasteiger partial charge is 0.261 e. The van der Waals surface area contributed by atoms with Gasteiger partial charge in [-0.3, -0.25) is 14.2 Å². The number of aryl methyl sites for hydroxylation is 3. The van der Waals surface area contributed by atoms with Crippen molar-refractivity contribution in [3.8, 4) is 5.75 Å². The van der Waals surface area contributed by atoms with E-state index in [2.05, 4.69) is 10.2 Å². The van der Waals surface area contributed by atoms with Crippen molar-refractivity contribution in [1.29, 1.82) is 0 Å². The van der Waals surface area contributed by atoms with Crippen LogP contribution < -0.4 is 4.74 Å². The molecule has 1 saturated heterocycles. The van der Waals surface area contributed by atoms with Crippen molar-refractivity contribution in [3.63, 3.8) is 0 Å². The number of carbonyl (C=O) groups excluding carboxylic acids is 1. The lowest BCUT2D eigenvalue weighted by Crippen LogP contribution is -2.34. The van der Waals surface area contributed by atoms with Gasteiger partial charge in [-0.1, -0.05) is 0 Å². The molecular weight excluding hydrogens is 294 g/mol. The topological polar surface area (TPSA) is 65.2 Å². The Bertz CT molecular complexity index is 718. The molecule has 1 amide bonds. The molecule has 0 radical (unpaired) electrons. The minimum atomic E-state index is 0.0130. The van der Waals surface area contributed by atoms with Crippen molar-refractivity contribution < 1.29 is 9.53 Å². The summed E-state index contributed by atoms with van der Waals surface area (Å²) in [7, 11) is 3.76. The lowest BCUT2D eigenvalue weighted by molar-refractivity contribution is -0.134. The Morgan fingerprint density at radius 2 is 2.17 bits per heavy atom. The highest BCUT2D eigenvalue weighted by molar-refractivity contribution is 5.78. The summed E-state index contributed by atoms with van der Waals surface area (Å²) < 4.78 is 9.30. The Hall–Kier alpha value is -2.31. The Labute approximate surface area is 135 Å². The molecule has 7 heteroatoms. The first-order valence-corrected chi connectivity index (χ1v) is 7.88. The summed E-state index contributed by atoms with van der Waals surface area (Å²) in [6.07, 6.45) is 5.80. The predicted octanol–water partition coefficient (Wildman–Crippen LogP) is 1.51. The SMILES string of the molecule is Cc1nn(C)c(C)c1OCC(=O)N1CCCC1c1cnn(C)c1. The Kier molecular flexibility index (Phi) is 4.11. The number of carbonyl (C=O) groups is 1. The summed E-state index contributed by atoms with van der Waals surface area (Å²) in [5.41, 5.74) is 2.83. The fourth-order valence-corrected chi connectivity index (χ4v) is 3.20. The third-order valence-corrected chi connectivity index (χ3v) is 4.47. The molecule has 0 bridgehead atoms. The maximum atomic E-state index is 12.6. The molecule has 124 valence electrons. The molecule has 0 N–H and O–H groups in total. The van der Waals surface area contributed by atoms with Gasteiger partial charge in [0.15, 0.2) is 12.4 Å². The van der Waals surface area contributed by atoms with Gasteiger partial charge < -0.3 is 9.64 Å². The zero-order valence-electron chi connectivity index (χ0n) is 14.1. The van der Waals surface area contributed by atoms with E-state index in [-0.39, 0.29) is 18.6 Å². The van der Waals surface area contributed by atoms with E-state index in [9.17, 15) is 4.79 Å². The molecule has 1 aliphatic heterocycles. The van der Waals surface area contributed by atoms with Crippen molar-refractivity contribution in [2.24, 2.45) is 14.1 Å². The average molecular weight is 317 g/mol. The van der Waals surface area contributed by atoms with Gasteiger partial charge >= 0.3 is 0 Å². The molecule has 1 unspecified atom stereocenters. The van der Waals surface area contributed by atoms with E-state index >= 15 is 0 Å². The Balaban J connectivity index is 1.68. The summed E-state index contributed by atoms with van der Waals surface area (Å²) >= 11 is 0. The third kappa shape index (κ3) is 2.95. The van der Waals surface area contributed by atoms with E-state index < -0.39 is 0 Å². The van der Waals surface area contributed by atoms with Crippen LogP contribution in [0.3, 0.4) is 0 Å². The lowest BCUT2D eigenvalue weighted by atomic mass is 10.1. The molecule has 2 aromatic rings. The first-order valence-electron chi connectivity index (χ1n) is 7.88. The normalized spacial score (nSPS) is 17.7. The molecule has 0 aromatic carbocycles. The highest BCUT2D eigenvalue weighted by Gasteiger charge is 2.31. The van der Waals surface area contributed by atoms with E-state index in [0.29, 0.717) is 5.75 Å². The van der Waals surface area contributed by atoms with Crippen molar-refractivity contribution in [1.82, 2.24) is 24.5 Å². The van der Waals surface area contributed by atoms with Gasteiger partial charge in [-0.25, -0.2) is 0 Å². The van der Waals surface area contributed by atoms with Crippen LogP contribution >= 0.6 is 0 Å². The van der Waals surface area contributed by atoms with Crippen LogP contribution in [0, 0.1) is 13.8 Å². The monoisotopic (exact) mass is 317 g/mol. The van der Waals surface area contributed by atoms with Crippen molar-refractivity contribution in [2.45, 2.75) is 32.7 Å². The predicted molar refractivity (Wildman–Crippen MR) is 85.1 cm³/mol. The summed E-state index contributed by atoms with van der Waals surface area (Å²) in [6.45, 7) is 4.64. The first kappa shape index (κ1) is 15.6. The second-order valence-electron chi connectivity index (χ2n) is 6.10.